The van der Waals surface area contributed by atoms with Crippen LogP contribution in [0, 0.1) is 0 Å². The number of hydrogen-bond donors (Lipinski definition) is 11. The summed E-state index contributed by atoms with van der Waals surface area (Å²) in [6.07, 6.45) is 0. The van der Waals surface area contributed by atoms with Gasteiger partial charge in [0.05, 0.1) is 16.3 Å². The molecule has 1 aromatic heterocycles. The molecule has 10 rings (SSSR count). The number of phenols is 11. The van der Waals surface area contributed by atoms with E-state index in [1.807, 2.05) is 18.2 Å². The molecule has 0 unspecified atom stereocenters. The van der Waals surface area contributed by atoms with E-state index in [9.17, 15) is 56.2 Å². The Kier molecular flexibility index (Phi) is 6.66. The number of furan rings is 1. The maximum atomic E-state index is 12.4. The van der Waals surface area contributed by atoms with E-state index in [4.69, 9.17) is 4.42 Å². The van der Waals surface area contributed by atoms with Crippen molar-refractivity contribution in [2.75, 3.05) is 0 Å². The van der Waals surface area contributed by atoms with Crippen LogP contribution in [-0.2, 0) is 0 Å². The number of rotatable bonds is 2. The maximum Gasteiger partial charge on any atom is 0.208 e. The molecule has 0 fully saturated rings. The summed E-state index contributed by atoms with van der Waals surface area (Å²) >= 11 is 0. The normalized spacial score (nSPS) is 12.2. The predicted octanol–water partition coefficient (Wildman–Crippen LogP) is 3.03. The van der Waals surface area contributed by atoms with Gasteiger partial charge in [-0.15, -0.1) is 0 Å². The Balaban J connectivity index is 1.35. The molecule has 57 heavy (non-hydrogen) atoms. The van der Waals surface area contributed by atoms with Crippen molar-refractivity contribution < 1.29 is 60.6 Å². The lowest BCUT2D eigenvalue weighted by Gasteiger charge is -2.27. The third-order valence-corrected chi connectivity index (χ3v) is 11.7. The molecule has 0 saturated carbocycles. The molecule has 0 aliphatic carbocycles. The summed E-state index contributed by atoms with van der Waals surface area (Å²) < 4.78 is 6.44. The number of phenolic OH excluding ortho intramolecular Hbond substituents is 11. The molecule has 0 saturated heterocycles. The molecule has 0 bridgehead atoms. The van der Waals surface area contributed by atoms with Gasteiger partial charge >= 0.3 is 0 Å². The van der Waals surface area contributed by atoms with Crippen molar-refractivity contribution in [1.82, 2.24) is 0 Å². The third kappa shape index (κ3) is 4.09. The molecule has 1 aliphatic rings. The van der Waals surface area contributed by atoms with Gasteiger partial charge in [-0.1, -0.05) is 71.0 Å². The van der Waals surface area contributed by atoms with Crippen molar-refractivity contribution in [2.24, 2.45) is 0 Å². The lowest BCUT2D eigenvalue weighted by molar-refractivity contribution is 0.330. The van der Waals surface area contributed by atoms with E-state index < -0.39 is 51.7 Å². The van der Waals surface area contributed by atoms with Crippen LogP contribution < -0.4 is 21.9 Å². The molecule has 0 atom stereocenters. The van der Waals surface area contributed by atoms with Crippen LogP contribution >= 0.6 is 0 Å². The van der Waals surface area contributed by atoms with Crippen LogP contribution in [0.1, 0.15) is 0 Å². The zero-order valence-electron chi connectivity index (χ0n) is 29.9. The van der Waals surface area contributed by atoms with E-state index >= 15 is 0 Å². The van der Waals surface area contributed by atoms with Crippen LogP contribution in [0.5, 0.6) is 63.2 Å². The van der Waals surface area contributed by atoms with Crippen LogP contribution in [0.2, 0.25) is 0 Å². The summed E-state index contributed by atoms with van der Waals surface area (Å²) in [6.45, 7) is 0. The van der Waals surface area contributed by atoms with Gasteiger partial charge < -0.3 is 60.6 Å². The predicted molar refractivity (Wildman–Crippen MR) is 224 cm³/mol. The van der Waals surface area contributed by atoms with Crippen molar-refractivity contribution in [3.05, 3.63) is 66.7 Å². The largest absolute Gasteiger partial charge is 0.508 e. The van der Waals surface area contributed by atoms with Crippen molar-refractivity contribution in [2.45, 2.75) is 0 Å². The fraction of sp³-hybridized carbons (Fsp3) is 0. The summed E-state index contributed by atoms with van der Waals surface area (Å²) in [5, 5.41) is 124. The molecule has 9 aromatic rings. The van der Waals surface area contributed by atoms with Crippen molar-refractivity contribution in [3.8, 4) is 96.6 Å². The zero-order valence-corrected chi connectivity index (χ0v) is 29.9. The SMILES string of the molecule is Bc1c(B)c(O)c2c3c1Bc1c(O)c(O)c(O)c(O)c1-c3c(O)c1c3cc(-c4c5ccccc5c(-c5c(O)c(O)c(O)c(O)c5O)c5ccccc45)ccc3oc21. The molecule has 2 heterocycles. The number of aromatic hydroxyl groups is 11. The standard InChI is InChI=1S/C42H27B3O12/c43-27-28(44)32(47)26-22-23(24-30(45-29(22)27)36(51)40(55)37(52)33(24)48)31(46)21-17-11-12(9-10-18(17)57-42(21)26)19-13-5-1-3-7-15(13)20(16-8-4-2-6-14(16)19)25-34(49)38(53)41(56)39(54)35(25)50/h1-11,45-56H,43-44H2. The molecule has 11 N–H and O–H groups in total. The Morgan fingerprint density at radius 1 is 0.386 bits per heavy atom. The molecule has 15 heteroatoms. The maximum absolute atomic E-state index is 12.4. The van der Waals surface area contributed by atoms with Crippen LogP contribution in [-0.4, -0.2) is 79.1 Å². The minimum absolute atomic E-state index is 0.0105. The van der Waals surface area contributed by atoms with Crippen LogP contribution in [0.4, 0.5) is 0 Å². The topological polar surface area (TPSA) is 236 Å². The monoisotopic (exact) mass is 756 g/mol. The first kappa shape index (κ1) is 33.9. The average Bonchev–Trinajstić information content (AvgIpc) is 3.60. The van der Waals surface area contributed by atoms with Gasteiger partial charge in [-0.05, 0) is 55.7 Å². The number of benzene rings is 8. The summed E-state index contributed by atoms with van der Waals surface area (Å²) in [4.78, 5) is 0. The van der Waals surface area contributed by atoms with Gasteiger partial charge in [-0.25, -0.2) is 0 Å². The second-order valence-electron chi connectivity index (χ2n) is 14.5. The summed E-state index contributed by atoms with van der Waals surface area (Å²) in [5.74, 6) is -8.60. The smallest absolute Gasteiger partial charge is 0.208 e. The Bertz CT molecular complexity index is 3290. The number of hydrogen-bond acceptors (Lipinski definition) is 12. The average molecular weight is 756 g/mol. The molecule has 1 aliphatic heterocycles. The van der Waals surface area contributed by atoms with Gasteiger partial charge in [-0.2, -0.15) is 0 Å². The van der Waals surface area contributed by atoms with Gasteiger partial charge in [0.2, 0.25) is 28.7 Å². The van der Waals surface area contributed by atoms with E-state index in [1.165, 1.54) is 0 Å². The molecule has 0 radical (unpaired) electrons. The number of fused-ring (bicyclic) bond motifs is 8. The second kappa shape index (κ2) is 11.2. The van der Waals surface area contributed by atoms with Crippen LogP contribution in [0.3, 0.4) is 0 Å². The van der Waals surface area contributed by atoms with E-state index in [2.05, 4.69) is 0 Å². The van der Waals surface area contributed by atoms with Crippen molar-refractivity contribution in [3.63, 3.8) is 0 Å². The molecule has 0 amide bonds. The molecule has 0 spiro atoms. The lowest BCUT2D eigenvalue weighted by Crippen LogP contribution is -2.48. The summed E-state index contributed by atoms with van der Waals surface area (Å²) in [6, 6.07) is 19.5. The fourth-order valence-corrected chi connectivity index (χ4v) is 8.91. The molecule has 276 valence electrons. The Morgan fingerprint density at radius 3 is 1.47 bits per heavy atom. The second-order valence-corrected chi connectivity index (χ2v) is 14.5. The third-order valence-electron chi connectivity index (χ3n) is 11.7. The first-order valence-electron chi connectivity index (χ1n) is 17.7. The van der Waals surface area contributed by atoms with Gasteiger partial charge in [0.25, 0.3) is 0 Å². The fourth-order valence-electron chi connectivity index (χ4n) is 8.91. The molecule has 8 aromatic carbocycles. The molecular formula is C42H27B3O12. The van der Waals surface area contributed by atoms with E-state index in [0.717, 1.165) is 0 Å². The first-order chi connectivity index (χ1) is 27.2. The van der Waals surface area contributed by atoms with Gasteiger partial charge in [0.15, 0.2) is 35.9 Å². The highest BCUT2D eigenvalue weighted by Crippen LogP contribution is 2.59. The van der Waals surface area contributed by atoms with Crippen LogP contribution in [0.15, 0.2) is 71.1 Å². The Morgan fingerprint density at radius 2 is 0.895 bits per heavy atom. The van der Waals surface area contributed by atoms with Crippen LogP contribution in [0.25, 0.3) is 87.6 Å². The first-order valence-corrected chi connectivity index (χ1v) is 17.7. The van der Waals surface area contributed by atoms with Crippen molar-refractivity contribution >= 4 is 99.1 Å². The summed E-state index contributed by atoms with van der Waals surface area (Å²) in [7, 11) is 3.49. The zero-order chi connectivity index (χ0) is 40.1. The summed E-state index contributed by atoms with van der Waals surface area (Å²) in [5.41, 5.74) is 3.48. The van der Waals surface area contributed by atoms with Gasteiger partial charge in [0, 0.05) is 22.1 Å². The quantitative estimate of drug-likeness (QED) is 0.0529. The van der Waals surface area contributed by atoms with E-state index in [1.54, 1.807) is 64.2 Å². The Hall–Kier alpha value is -7.67. The minimum Gasteiger partial charge on any atom is -0.508 e. The Labute approximate surface area is 322 Å². The van der Waals surface area contributed by atoms with Gasteiger partial charge in [-0.3, -0.25) is 0 Å². The molecular weight excluding hydrogens is 729 g/mol. The highest BCUT2D eigenvalue weighted by molar-refractivity contribution is 6.80. The minimum atomic E-state index is -1.08. The van der Waals surface area contributed by atoms with E-state index in [-0.39, 0.29) is 62.9 Å². The molecule has 12 nitrogen and oxygen atoms in total. The van der Waals surface area contributed by atoms with Crippen molar-refractivity contribution in [1.29, 1.82) is 0 Å². The lowest BCUT2D eigenvalue weighted by atomic mass is 9.51. The highest BCUT2D eigenvalue weighted by Gasteiger charge is 2.36. The highest BCUT2D eigenvalue weighted by atomic mass is 16.4. The van der Waals surface area contributed by atoms with Gasteiger partial charge in [0.1, 0.15) is 32.8 Å². The van der Waals surface area contributed by atoms with E-state index in [0.29, 0.717) is 65.4 Å².